The molecule has 0 spiro atoms. The molecule has 0 aliphatic heterocycles. The zero-order valence-corrected chi connectivity index (χ0v) is 19.9. The van der Waals surface area contributed by atoms with Crippen LogP contribution in [0.2, 0.25) is 0 Å². The fourth-order valence-electron chi connectivity index (χ4n) is 2.52. The minimum atomic E-state index is 0.429. The quantitative estimate of drug-likeness (QED) is 0.473. The summed E-state index contributed by atoms with van der Waals surface area (Å²) in [6.45, 7) is 21.2. The molecule has 1 heteroatoms. The smallest absolute Gasteiger partial charge is 0.119 e. The van der Waals surface area contributed by atoms with Crippen LogP contribution in [0.1, 0.15) is 96.4 Å². The minimum Gasteiger partial charge on any atom is -0.508 e. The number of phenolic OH excluding ortho intramolecular Hbond substituents is 1. The number of hydrogen-bond acceptors (Lipinski definition) is 1. The van der Waals surface area contributed by atoms with Gasteiger partial charge in [0, 0.05) is 5.56 Å². The maximum atomic E-state index is 10.1. The van der Waals surface area contributed by atoms with Crippen molar-refractivity contribution in [1.29, 1.82) is 0 Å². The van der Waals surface area contributed by atoms with Crippen molar-refractivity contribution in [1.82, 2.24) is 0 Å². The standard InChI is InChI=1S/C18H26O.C6H14.C2H6/c1-6-7-8-9-13(2)10-11-17-16(5)15(4)14(3)12-18(17)19;1-4-6(3)5-2;1-2/h6-7,10,12,19H,8-9,11H2,1-5H3;6H,4-5H2,1-3H3;1-2H3/b7-6-,13-10+;;. The van der Waals surface area contributed by atoms with E-state index in [0.29, 0.717) is 5.75 Å². The third-order valence-corrected chi connectivity index (χ3v) is 5.26. The number of rotatable bonds is 7. The van der Waals surface area contributed by atoms with Crippen molar-refractivity contribution in [3.63, 3.8) is 0 Å². The molecule has 0 saturated carbocycles. The van der Waals surface area contributed by atoms with Crippen molar-refractivity contribution in [3.05, 3.63) is 52.1 Å². The van der Waals surface area contributed by atoms with Crippen LogP contribution in [0.25, 0.3) is 0 Å². The molecule has 1 nitrogen and oxygen atoms in total. The van der Waals surface area contributed by atoms with E-state index < -0.39 is 0 Å². The Morgan fingerprint density at radius 2 is 1.63 bits per heavy atom. The third-order valence-electron chi connectivity index (χ3n) is 5.26. The number of aromatic hydroxyl groups is 1. The van der Waals surface area contributed by atoms with E-state index in [1.165, 1.54) is 29.5 Å². The summed E-state index contributed by atoms with van der Waals surface area (Å²) in [4.78, 5) is 0. The molecule has 0 heterocycles. The van der Waals surface area contributed by atoms with Gasteiger partial charge >= 0.3 is 0 Å². The highest BCUT2D eigenvalue weighted by molar-refractivity contribution is 5.48. The first-order valence-electron chi connectivity index (χ1n) is 10.8. The average molecular weight is 375 g/mol. The van der Waals surface area contributed by atoms with Crippen LogP contribution in [-0.2, 0) is 6.42 Å². The van der Waals surface area contributed by atoms with Crippen molar-refractivity contribution < 1.29 is 5.11 Å². The highest BCUT2D eigenvalue weighted by atomic mass is 16.3. The zero-order valence-electron chi connectivity index (χ0n) is 19.9. The molecule has 1 aromatic rings. The molecule has 0 fully saturated rings. The fourth-order valence-corrected chi connectivity index (χ4v) is 2.52. The van der Waals surface area contributed by atoms with Crippen LogP contribution in [0.5, 0.6) is 5.75 Å². The number of benzene rings is 1. The highest BCUT2D eigenvalue weighted by Crippen LogP contribution is 2.28. The van der Waals surface area contributed by atoms with E-state index in [0.717, 1.165) is 36.3 Å². The van der Waals surface area contributed by atoms with Gasteiger partial charge in [0.05, 0.1) is 0 Å². The van der Waals surface area contributed by atoms with Gasteiger partial charge in [0.25, 0.3) is 0 Å². The summed E-state index contributed by atoms with van der Waals surface area (Å²) < 4.78 is 0. The lowest BCUT2D eigenvalue weighted by molar-refractivity contribution is 0.468. The van der Waals surface area contributed by atoms with Crippen LogP contribution in [0.3, 0.4) is 0 Å². The van der Waals surface area contributed by atoms with Crippen molar-refractivity contribution in [3.8, 4) is 5.75 Å². The zero-order chi connectivity index (χ0) is 21.4. The van der Waals surface area contributed by atoms with Crippen molar-refractivity contribution in [2.24, 2.45) is 5.92 Å². The third kappa shape index (κ3) is 11.7. The molecule has 0 amide bonds. The van der Waals surface area contributed by atoms with Crippen LogP contribution >= 0.6 is 0 Å². The van der Waals surface area contributed by atoms with Gasteiger partial charge in [-0.05, 0) is 82.6 Å². The molecule has 0 radical (unpaired) electrons. The molecular formula is C26H46O. The van der Waals surface area contributed by atoms with Crippen molar-refractivity contribution in [2.45, 2.75) is 101 Å². The lowest BCUT2D eigenvalue weighted by Crippen LogP contribution is -1.95. The molecule has 0 aromatic heterocycles. The molecule has 1 aromatic carbocycles. The molecule has 0 unspecified atom stereocenters. The maximum absolute atomic E-state index is 10.1. The summed E-state index contributed by atoms with van der Waals surface area (Å²) >= 11 is 0. The molecule has 0 saturated heterocycles. The molecule has 0 bridgehead atoms. The van der Waals surface area contributed by atoms with Crippen LogP contribution < -0.4 is 0 Å². The van der Waals surface area contributed by atoms with Gasteiger partial charge in [0.2, 0.25) is 0 Å². The molecular weight excluding hydrogens is 328 g/mol. The molecule has 0 aliphatic rings. The summed E-state index contributed by atoms with van der Waals surface area (Å²) in [6, 6.07) is 1.88. The van der Waals surface area contributed by atoms with Gasteiger partial charge in [-0.1, -0.05) is 71.3 Å². The van der Waals surface area contributed by atoms with Crippen molar-refractivity contribution in [2.75, 3.05) is 0 Å². The van der Waals surface area contributed by atoms with E-state index in [4.69, 9.17) is 0 Å². The van der Waals surface area contributed by atoms with Crippen LogP contribution in [0.4, 0.5) is 0 Å². The number of phenols is 1. The van der Waals surface area contributed by atoms with Crippen LogP contribution in [0.15, 0.2) is 29.9 Å². The van der Waals surface area contributed by atoms with E-state index in [1.807, 2.05) is 26.8 Å². The minimum absolute atomic E-state index is 0.429. The summed E-state index contributed by atoms with van der Waals surface area (Å²) in [5.74, 6) is 1.36. The number of aryl methyl sites for hydroxylation is 1. The highest BCUT2D eigenvalue weighted by Gasteiger charge is 2.08. The van der Waals surface area contributed by atoms with Gasteiger partial charge in [0.15, 0.2) is 0 Å². The SMILES string of the molecule is C/C=C\CC/C(C)=C/Cc1c(O)cc(C)c(C)c1C.CC.CCC(C)CC. The van der Waals surface area contributed by atoms with E-state index in [9.17, 15) is 5.11 Å². The van der Waals surface area contributed by atoms with Gasteiger partial charge in [-0.2, -0.15) is 0 Å². The normalized spacial score (nSPS) is 11.1. The summed E-state index contributed by atoms with van der Waals surface area (Å²) in [5.41, 5.74) is 6.11. The van der Waals surface area contributed by atoms with Gasteiger partial charge in [-0.15, -0.1) is 0 Å². The van der Waals surface area contributed by atoms with Gasteiger partial charge < -0.3 is 5.11 Å². The molecule has 27 heavy (non-hydrogen) atoms. The molecule has 0 atom stereocenters. The largest absolute Gasteiger partial charge is 0.508 e. The maximum Gasteiger partial charge on any atom is 0.119 e. The van der Waals surface area contributed by atoms with E-state index >= 15 is 0 Å². The lowest BCUT2D eigenvalue weighted by atomic mass is 9.95. The van der Waals surface area contributed by atoms with Gasteiger partial charge in [0.1, 0.15) is 5.75 Å². The van der Waals surface area contributed by atoms with E-state index in [2.05, 4.69) is 66.7 Å². The van der Waals surface area contributed by atoms with Gasteiger partial charge in [-0.25, -0.2) is 0 Å². The first-order chi connectivity index (χ1) is 12.8. The molecule has 1 N–H and O–H groups in total. The fraction of sp³-hybridized carbons (Fsp3) is 0.615. The summed E-state index contributed by atoms with van der Waals surface area (Å²) in [6.07, 6.45) is 12.2. The Balaban J connectivity index is 0. The van der Waals surface area contributed by atoms with E-state index in [-0.39, 0.29) is 0 Å². The van der Waals surface area contributed by atoms with Crippen LogP contribution in [0, 0.1) is 26.7 Å². The Kier molecular flexibility index (Phi) is 17.1. The average Bonchev–Trinajstić information content (AvgIpc) is 2.67. The summed E-state index contributed by atoms with van der Waals surface area (Å²) in [5, 5.41) is 10.1. The van der Waals surface area contributed by atoms with Crippen LogP contribution in [-0.4, -0.2) is 5.11 Å². The number of hydrogen-bond donors (Lipinski definition) is 1. The van der Waals surface area contributed by atoms with E-state index in [1.54, 1.807) is 0 Å². The Morgan fingerprint density at radius 3 is 2.07 bits per heavy atom. The first kappa shape index (κ1) is 27.7. The Labute approximate surface area is 170 Å². The molecule has 156 valence electrons. The predicted molar refractivity (Wildman–Crippen MR) is 125 cm³/mol. The second kappa shape index (κ2) is 16.7. The predicted octanol–water partition coefficient (Wildman–Crippen LogP) is 8.63. The first-order valence-corrected chi connectivity index (χ1v) is 10.8. The second-order valence-corrected chi connectivity index (χ2v) is 7.23. The number of allylic oxidation sites excluding steroid dienone is 4. The molecule has 0 aliphatic carbocycles. The molecule has 1 rings (SSSR count). The Morgan fingerprint density at radius 1 is 1.07 bits per heavy atom. The van der Waals surface area contributed by atoms with Gasteiger partial charge in [-0.3, -0.25) is 0 Å². The van der Waals surface area contributed by atoms with Crippen molar-refractivity contribution >= 4 is 0 Å². The lowest BCUT2D eigenvalue weighted by Gasteiger charge is -2.12. The Bertz CT molecular complexity index is 560. The second-order valence-electron chi connectivity index (χ2n) is 7.23. The summed E-state index contributed by atoms with van der Waals surface area (Å²) in [7, 11) is 0. The Hall–Kier alpha value is -1.50. The monoisotopic (exact) mass is 374 g/mol. The topological polar surface area (TPSA) is 20.2 Å².